The molecule has 2 rings (SSSR count). The van der Waals surface area contributed by atoms with Gasteiger partial charge in [0.25, 0.3) is 0 Å². The lowest BCUT2D eigenvalue weighted by Gasteiger charge is -1.93. The van der Waals surface area contributed by atoms with Crippen molar-refractivity contribution >= 4 is 27.1 Å². The third kappa shape index (κ3) is 1.19. The van der Waals surface area contributed by atoms with E-state index in [1.54, 1.807) is 12.1 Å². The molecule has 14 heavy (non-hydrogen) atoms. The molecule has 1 aromatic carbocycles. The monoisotopic (exact) mass is 204 g/mol. The molecule has 0 aliphatic heterocycles. The van der Waals surface area contributed by atoms with E-state index < -0.39 is 0 Å². The number of anilines is 1. The van der Waals surface area contributed by atoms with Crippen LogP contribution in [0, 0.1) is 11.3 Å². The Morgan fingerprint density at radius 2 is 2.29 bits per heavy atom. The molecule has 0 unspecified atom stereocenters. The van der Waals surface area contributed by atoms with Crippen molar-refractivity contribution in [1.82, 2.24) is 0 Å². The van der Waals surface area contributed by atoms with Crippen molar-refractivity contribution in [2.45, 2.75) is 6.42 Å². The van der Waals surface area contributed by atoms with Crippen molar-refractivity contribution in [3.05, 3.63) is 23.1 Å². The minimum absolute atomic E-state index is 0.225. The number of nitrogen functional groups attached to an aromatic ring is 1. The molecule has 0 bridgehead atoms. The molecule has 0 atom stereocenters. The van der Waals surface area contributed by atoms with E-state index in [1.165, 1.54) is 11.3 Å². The molecule has 0 fully saturated rings. The number of nitriles is 1. The summed E-state index contributed by atoms with van der Waals surface area (Å²) in [6.07, 6.45) is 0.296. The summed E-state index contributed by atoms with van der Waals surface area (Å²) in [7, 11) is 0. The highest BCUT2D eigenvalue weighted by Gasteiger charge is 2.10. The smallest absolute Gasteiger partial charge is 0.133 e. The quantitative estimate of drug-likeness (QED) is 0.748. The average molecular weight is 204 g/mol. The Bertz CT molecular complexity index is 525. The van der Waals surface area contributed by atoms with Gasteiger partial charge in [-0.05, 0) is 6.07 Å². The number of phenolic OH excluding ortho intramolecular Hbond substituents is 1. The van der Waals surface area contributed by atoms with E-state index >= 15 is 0 Å². The van der Waals surface area contributed by atoms with Gasteiger partial charge in [0.2, 0.25) is 0 Å². The predicted octanol–water partition coefficient (Wildman–Crippen LogP) is 2.26. The number of thiophene rings is 1. The van der Waals surface area contributed by atoms with Crippen LogP contribution in [0.3, 0.4) is 0 Å². The van der Waals surface area contributed by atoms with Crippen LogP contribution >= 0.6 is 11.3 Å². The third-order valence-electron chi connectivity index (χ3n) is 2.05. The summed E-state index contributed by atoms with van der Waals surface area (Å²) in [4.78, 5) is 0.823. The molecule has 70 valence electrons. The van der Waals surface area contributed by atoms with Crippen molar-refractivity contribution in [2.75, 3.05) is 5.73 Å². The maximum Gasteiger partial charge on any atom is 0.133 e. The number of hydrogen-bond acceptors (Lipinski definition) is 4. The molecule has 4 heteroatoms. The van der Waals surface area contributed by atoms with Gasteiger partial charge in [0, 0.05) is 10.3 Å². The number of nitrogens with zero attached hydrogens (tertiary/aromatic N) is 1. The van der Waals surface area contributed by atoms with E-state index in [-0.39, 0.29) is 5.75 Å². The largest absolute Gasteiger partial charge is 0.506 e. The van der Waals surface area contributed by atoms with Crippen molar-refractivity contribution in [2.24, 2.45) is 0 Å². The fourth-order valence-corrected chi connectivity index (χ4v) is 2.44. The van der Waals surface area contributed by atoms with E-state index in [1.807, 2.05) is 6.07 Å². The van der Waals surface area contributed by atoms with Gasteiger partial charge in [0.05, 0.1) is 22.9 Å². The maximum absolute atomic E-state index is 9.55. The van der Waals surface area contributed by atoms with E-state index in [9.17, 15) is 5.11 Å². The average Bonchev–Trinajstić information content (AvgIpc) is 2.48. The van der Waals surface area contributed by atoms with Gasteiger partial charge in [0.15, 0.2) is 0 Å². The lowest BCUT2D eigenvalue weighted by Crippen LogP contribution is -1.87. The zero-order valence-electron chi connectivity index (χ0n) is 7.32. The van der Waals surface area contributed by atoms with E-state index in [0.29, 0.717) is 12.1 Å². The van der Waals surface area contributed by atoms with Crippen LogP contribution in [-0.2, 0) is 6.42 Å². The van der Waals surface area contributed by atoms with Crippen molar-refractivity contribution in [1.29, 1.82) is 5.26 Å². The van der Waals surface area contributed by atoms with E-state index in [4.69, 9.17) is 11.0 Å². The second kappa shape index (κ2) is 3.20. The second-order valence-electron chi connectivity index (χ2n) is 2.93. The molecule has 0 amide bonds. The molecule has 2 aromatic rings. The van der Waals surface area contributed by atoms with Gasteiger partial charge in [0.1, 0.15) is 5.75 Å². The molecular weight excluding hydrogens is 196 g/mol. The van der Waals surface area contributed by atoms with Crippen LogP contribution in [0.15, 0.2) is 18.2 Å². The highest BCUT2D eigenvalue weighted by molar-refractivity contribution is 7.20. The van der Waals surface area contributed by atoms with Crippen molar-refractivity contribution in [3.63, 3.8) is 0 Å². The minimum atomic E-state index is 0.225. The Kier molecular flexibility index (Phi) is 2.02. The molecule has 0 saturated carbocycles. The fraction of sp³-hybridized carbons (Fsp3) is 0.100. The zero-order valence-corrected chi connectivity index (χ0v) is 8.14. The van der Waals surface area contributed by atoms with Crippen molar-refractivity contribution in [3.8, 4) is 11.8 Å². The highest BCUT2D eigenvalue weighted by Crippen LogP contribution is 2.38. The van der Waals surface area contributed by atoms with Crippen LogP contribution in [0.1, 0.15) is 4.88 Å². The number of nitrogens with two attached hydrogens (primary N) is 1. The number of phenols is 1. The van der Waals surface area contributed by atoms with Gasteiger partial charge >= 0.3 is 0 Å². The lowest BCUT2D eigenvalue weighted by molar-refractivity contribution is 0.482. The maximum atomic E-state index is 9.55. The zero-order chi connectivity index (χ0) is 10.1. The minimum Gasteiger partial charge on any atom is -0.506 e. The van der Waals surface area contributed by atoms with Gasteiger partial charge in [-0.15, -0.1) is 11.3 Å². The Balaban J connectivity index is 2.74. The van der Waals surface area contributed by atoms with Crippen LogP contribution in [0.25, 0.3) is 10.1 Å². The third-order valence-corrected chi connectivity index (χ3v) is 3.29. The molecule has 0 saturated heterocycles. The first kappa shape index (κ1) is 8.85. The van der Waals surface area contributed by atoms with Gasteiger partial charge in [-0.25, -0.2) is 0 Å². The number of aromatic hydroxyl groups is 1. The Morgan fingerprint density at radius 3 is 2.93 bits per heavy atom. The van der Waals surface area contributed by atoms with Gasteiger partial charge in [-0.1, -0.05) is 12.1 Å². The van der Waals surface area contributed by atoms with Crippen LogP contribution in [-0.4, -0.2) is 5.11 Å². The van der Waals surface area contributed by atoms with E-state index in [0.717, 1.165) is 15.0 Å². The molecule has 0 radical (unpaired) electrons. The van der Waals surface area contributed by atoms with Gasteiger partial charge in [-0.3, -0.25) is 0 Å². The highest BCUT2D eigenvalue weighted by atomic mass is 32.1. The Hall–Kier alpha value is -1.73. The first-order valence-electron chi connectivity index (χ1n) is 4.10. The fourth-order valence-electron chi connectivity index (χ4n) is 1.38. The number of benzene rings is 1. The number of fused-ring (bicyclic) bond motifs is 1. The molecule has 0 aliphatic rings. The van der Waals surface area contributed by atoms with Crippen molar-refractivity contribution < 1.29 is 5.11 Å². The summed E-state index contributed by atoms with van der Waals surface area (Å²) in [5.74, 6) is 0.225. The summed E-state index contributed by atoms with van der Waals surface area (Å²) in [5, 5.41) is 19.0. The summed E-state index contributed by atoms with van der Waals surface area (Å²) in [5.41, 5.74) is 6.46. The van der Waals surface area contributed by atoms with Crippen LogP contribution < -0.4 is 5.73 Å². The Morgan fingerprint density at radius 1 is 1.50 bits per heavy atom. The summed E-state index contributed by atoms with van der Waals surface area (Å²) in [6, 6.07) is 7.27. The molecule has 0 aliphatic carbocycles. The first-order chi connectivity index (χ1) is 6.74. The SMILES string of the molecule is N#CCc1sc2c(O)cccc2c1N. The molecule has 1 aromatic heterocycles. The predicted molar refractivity (Wildman–Crippen MR) is 57.2 cm³/mol. The van der Waals surface area contributed by atoms with Gasteiger partial charge < -0.3 is 10.8 Å². The lowest BCUT2D eigenvalue weighted by atomic mass is 10.2. The topological polar surface area (TPSA) is 70.0 Å². The molecular formula is C10H8N2OS. The van der Waals surface area contributed by atoms with E-state index in [2.05, 4.69) is 6.07 Å². The van der Waals surface area contributed by atoms with Crippen LogP contribution in [0.2, 0.25) is 0 Å². The van der Waals surface area contributed by atoms with Crippen LogP contribution in [0.5, 0.6) is 5.75 Å². The summed E-state index contributed by atoms with van der Waals surface area (Å²) in [6.45, 7) is 0. The van der Waals surface area contributed by atoms with Gasteiger partial charge in [-0.2, -0.15) is 5.26 Å². The standard InChI is InChI=1S/C10H8N2OS/c11-5-4-8-9(12)6-2-1-3-7(13)10(6)14-8/h1-3,13H,4,12H2. The second-order valence-corrected chi connectivity index (χ2v) is 4.03. The number of hydrogen-bond donors (Lipinski definition) is 2. The Labute approximate surface area is 85.0 Å². The summed E-state index contributed by atoms with van der Waals surface area (Å²) < 4.78 is 0.759. The molecule has 3 nitrogen and oxygen atoms in total. The molecule has 1 heterocycles. The first-order valence-corrected chi connectivity index (χ1v) is 4.91. The number of rotatable bonds is 1. The summed E-state index contributed by atoms with van der Waals surface area (Å²) >= 11 is 1.38. The molecule has 0 spiro atoms. The van der Waals surface area contributed by atoms with Crippen LogP contribution in [0.4, 0.5) is 5.69 Å². The normalized spacial score (nSPS) is 10.2. The molecule has 3 N–H and O–H groups in total.